The van der Waals surface area contributed by atoms with Crippen LogP contribution in [0.4, 0.5) is 0 Å². The van der Waals surface area contributed by atoms with Crippen molar-refractivity contribution in [3.8, 4) is 23.0 Å². The SMILES string of the molecule is O=C(NCc1cc(O)ccc1O)c1cc(C23CC4CC(C2)C(C4)C3)c(O)cc1O. The lowest BCUT2D eigenvalue weighted by Gasteiger charge is -2.39. The Bertz CT molecular complexity index is 981. The number of carbonyl (C=O) groups is 1. The van der Waals surface area contributed by atoms with Crippen LogP contribution < -0.4 is 5.32 Å². The third-order valence-electron chi connectivity index (χ3n) is 7.36. The van der Waals surface area contributed by atoms with E-state index in [0.29, 0.717) is 23.3 Å². The van der Waals surface area contributed by atoms with E-state index < -0.39 is 5.91 Å². The molecule has 1 amide bonds. The fourth-order valence-corrected chi connectivity index (χ4v) is 6.31. The van der Waals surface area contributed by atoms with Gasteiger partial charge in [0.25, 0.3) is 5.91 Å². The first-order valence-corrected chi connectivity index (χ1v) is 10.2. The Labute approximate surface area is 168 Å². The number of amides is 1. The number of rotatable bonds is 4. The van der Waals surface area contributed by atoms with Gasteiger partial charge in [-0.1, -0.05) is 0 Å². The quantitative estimate of drug-likeness (QED) is 0.509. The minimum absolute atomic E-state index is 0.00603. The predicted molar refractivity (Wildman–Crippen MR) is 106 cm³/mol. The Morgan fingerprint density at radius 2 is 1.66 bits per heavy atom. The summed E-state index contributed by atoms with van der Waals surface area (Å²) in [4.78, 5) is 12.8. The molecule has 2 aromatic carbocycles. The second-order valence-electron chi connectivity index (χ2n) is 9.13. The molecule has 0 aromatic heterocycles. The van der Waals surface area contributed by atoms with Crippen LogP contribution in [0.25, 0.3) is 0 Å². The molecular formula is C23H25NO5. The number of hydrogen-bond donors (Lipinski definition) is 5. The Kier molecular flexibility index (Phi) is 3.95. The first-order chi connectivity index (χ1) is 13.8. The zero-order valence-electron chi connectivity index (χ0n) is 16.1. The average molecular weight is 395 g/mol. The molecule has 6 rings (SSSR count). The third-order valence-corrected chi connectivity index (χ3v) is 7.36. The molecule has 0 aliphatic heterocycles. The summed E-state index contributed by atoms with van der Waals surface area (Å²) in [6.45, 7) is 0.00603. The molecule has 2 unspecified atom stereocenters. The number of nitrogens with one attached hydrogen (secondary N) is 1. The molecule has 4 bridgehead atoms. The van der Waals surface area contributed by atoms with Gasteiger partial charge in [-0.25, -0.2) is 0 Å². The summed E-state index contributed by atoms with van der Waals surface area (Å²) >= 11 is 0. The molecule has 5 N–H and O–H groups in total. The number of carbonyl (C=O) groups excluding carboxylic acids is 1. The molecule has 0 heterocycles. The summed E-state index contributed by atoms with van der Waals surface area (Å²) in [7, 11) is 0. The van der Waals surface area contributed by atoms with E-state index in [1.54, 1.807) is 6.07 Å². The van der Waals surface area contributed by atoms with Gasteiger partial charge in [0.05, 0.1) is 5.56 Å². The maximum Gasteiger partial charge on any atom is 0.255 e. The number of phenolic OH excluding ortho intramolecular Hbond substituents is 4. The highest BCUT2D eigenvalue weighted by Gasteiger charge is 2.57. The summed E-state index contributed by atoms with van der Waals surface area (Å²) in [6.07, 6.45) is 5.70. The van der Waals surface area contributed by atoms with Crippen LogP contribution in [-0.4, -0.2) is 26.3 Å². The van der Waals surface area contributed by atoms with Gasteiger partial charge in [-0.15, -0.1) is 0 Å². The number of phenols is 4. The minimum atomic E-state index is -0.488. The van der Waals surface area contributed by atoms with Gasteiger partial charge in [-0.2, -0.15) is 0 Å². The van der Waals surface area contributed by atoms with E-state index in [1.165, 1.54) is 37.1 Å². The molecular weight excluding hydrogens is 370 g/mol. The molecule has 4 fully saturated rings. The van der Waals surface area contributed by atoms with Crippen LogP contribution in [0.5, 0.6) is 23.0 Å². The first kappa shape index (κ1) is 18.2. The number of hydrogen-bond acceptors (Lipinski definition) is 5. The summed E-state index contributed by atoms with van der Waals surface area (Å²) in [5, 5.41) is 43.0. The standard InChI is InChI=1S/C23H25NO5/c25-16-1-2-19(26)15(5-16)11-24-22(29)17-6-18(21(28)7-20(17)27)23-8-12-3-13(9-23)14(4-12)10-23/h1-2,5-7,12-14,25-28H,3-4,8-11H2,(H,24,29). The molecule has 29 heavy (non-hydrogen) atoms. The van der Waals surface area contributed by atoms with Crippen LogP contribution >= 0.6 is 0 Å². The molecule has 2 atom stereocenters. The molecule has 4 aliphatic carbocycles. The molecule has 0 saturated heterocycles. The summed E-state index contributed by atoms with van der Waals surface area (Å²) < 4.78 is 0. The van der Waals surface area contributed by atoms with E-state index in [0.717, 1.165) is 24.8 Å². The van der Waals surface area contributed by atoms with E-state index in [1.807, 2.05) is 0 Å². The summed E-state index contributed by atoms with van der Waals surface area (Å²) in [5.74, 6) is 1.40. The third kappa shape index (κ3) is 2.89. The topological polar surface area (TPSA) is 110 Å². The first-order valence-electron chi connectivity index (χ1n) is 10.2. The lowest BCUT2D eigenvalue weighted by atomic mass is 9.65. The molecule has 6 nitrogen and oxygen atoms in total. The minimum Gasteiger partial charge on any atom is -0.508 e. The van der Waals surface area contributed by atoms with E-state index in [4.69, 9.17) is 0 Å². The van der Waals surface area contributed by atoms with Crippen molar-refractivity contribution in [3.63, 3.8) is 0 Å². The van der Waals surface area contributed by atoms with Crippen molar-refractivity contribution in [2.24, 2.45) is 17.8 Å². The van der Waals surface area contributed by atoms with Crippen LogP contribution in [0.15, 0.2) is 30.3 Å². The molecule has 0 radical (unpaired) electrons. The van der Waals surface area contributed by atoms with E-state index in [-0.39, 0.29) is 40.5 Å². The highest BCUT2D eigenvalue weighted by Crippen LogP contribution is 2.65. The van der Waals surface area contributed by atoms with Crippen LogP contribution in [0, 0.1) is 17.8 Å². The van der Waals surface area contributed by atoms with Gasteiger partial charge in [0.15, 0.2) is 0 Å². The summed E-state index contributed by atoms with van der Waals surface area (Å²) in [6, 6.07) is 7.02. The normalized spacial score (nSPS) is 29.3. The zero-order chi connectivity index (χ0) is 20.3. The Hall–Kier alpha value is -2.89. The fourth-order valence-electron chi connectivity index (χ4n) is 6.31. The Morgan fingerprint density at radius 1 is 0.931 bits per heavy atom. The summed E-state index contributed by atoms with van der Waals surface area (Å²) in [5.41, 5.74) is 1.18. The highest BCUT2D eigenvalue weighted by molar-refractivity contribution is 5.97. The zero-order valence-corrected chi connectivity index (χ0v) is 16.1. The molecule has 0 spiro atoms. The monoisotopic (exact) mass is 395 g/mol. The number of aromatic hydroxyl groups is 4. The molecule has 6 heteroatoms. The Balaban J connectivity index is 1.41. The van der Waals surface area contributed by atoms with Gasteiger partial charge < -0.3 is 25.7 Å². The largest absolute Gasteiger partial charge is 0.508 e. The van der Waals surface area contributed by atoms with Crippen LogP contribution in [0.2, 0.25) is 0 Å². The van der Waals surface area contributed by atoms with Crippen LogP contribution in [0.3, 0.4) is 0 Å². The second-order valence-corrected chi connectivity index (χ2v) is 9.13. The van der Waals surface area contributed by atoms with Crippen molar-refractivity contribution in [1.82, 2.24) is 5.32 Å². The van der Waals surface area contributed by atoms with Gasteiger partial charge in [-0.05, 0) is 79.5 Å². The van der Waals surface area contributed by atoms with Crippen molar-refractivity contribution in [1.29, 1.82) is 0 Å². The Morgan fingerprint density at radius 3 is 2.34 bits per heavy atom. The van der Waals surface area contributed by atoms with Gasteiger partial charge in [-0.3, -0.25) is 4.79 Å². The van der Waals surface area contributed by atoms with Gasteiger partial charge >= 0.3 is 0 Å². The molecule has 152 valence electrons. The van der Waals surface area contributed by atoms with Gasteiger partial charge in [0.1, 0.15) is 23.0 Å². The van der Waals surface area contributed by atoms with Crippen LogP contribution in [-0.2, 0) is 12.0 Å². The van der Waals surface area contributed by atoms with Crippen molar-refractivity contribution in [3.05, 3.63) is 47.0 Å². The molecule has 4 aliphatic rings. The molecule has 4 saturated carbocycles. The maximum absolute atomic E-state index is 12.8. The van der Waals surface area contributed by atoms with E-state index in [9.17, 15) is 25.2 Å². The maximum atomic E-state index is 12.8. The molecule has 2 aromatic rings. The fraction of sp³-hybridized carbons (Fsp3) is 0.435. The lowest BCUT2D eigenvalue weighted by molar-refractivity contribution is 0.0947. The lowest BCUT2D eigenvalue weighted by Crippen LogP contribution is -2.32. The van der Waals surface area contributed by atoms with Crippen molar-refractivity contribution < 1.29 is 25.2 Å². The number of benzene rings is 2. The van der Waals surface area contributed by atoms with Crippen molar-refractivity contribution in [2.75, 3.05) is 0 Å². The average Bonchev–Trinajstić information content (AvgIpc) is 3.09. The predicted octanol–water partition coefficient (Wildman–Crippen LogP) is 3.52. The second kappa shape index (κ2) is 6.31. The van der Waals surface area contributed by atoms with Gasteiger partial charge in [0, 0.05) is 23.7 Å². The smallest absolute Gasteiger partial charge is 0.255 e. The highest BCUT2D eigenvalue weighted by atomic mass is 16.3. The van der Waals surface area contributed by atoms with Gasteiger partial charge in [0.2, 0.25) is 0 Å². The van der Waals surface area contributed by atoms with Crippen LogP contribution in [0.1, 0.15) is 53.6 Å². The van der Waals surface area contributed by atoms with Crippen molar-refractivity contribution >= 4 is 5.91 Å². The van der Waals surface area contributed by atoms with Crippen molar-refractivity contribution in [2.45, 2.75) is 44.1 Å². The van der Waals surface area contributed by atoms with E-state index >= 15 is 0 Å². The van der Waals surface area contributed by atoms with E-state index in [2.05, 4.69) is 5.32 Å².